The van der Waals surface area contributed by atoms with E-state index in [0.29, 0.717) is 34.9 Å². The number of para-hydroxylation sites is 1. The van der Waals surface area contributed by atoms with Crippen molar-refractivity contribution in [3.63, 3.8) is 0 Å². The van der Waals surface area contributed by atoms with Gasteiger partial charge in [0.2, 0.25) is 4.77 Å². The number of aromatic nitrogens is 3. The highest BCUT2D eigenvalue weighted by Gasteiger charge is 2.68. The van der Waals surface area contributed by atoms with Gasteiger partial charge in [0.15, 0.2) is 0 Å². The van der Waals surface area contributed by atoms with E-state index in [0.717, 1.165) is 22.5 Å². The van der Waals surface area contributed by atoms with Crippen LogP contribution in [-0.2, 0) is 6.54 Å². The summed E-state index contributed by atoms with van der Waals surface area (Å²) in [4.78, 5) is 12.8. The SMILES string of the molecule is CC/C(=C1/CCC(C)(C(F)(F)F)C1(O)Cn1ncn(C(=O)Oc2ccccc2)c1=S)c1ccc(Cl)c(OCC(C)(C)C)c1. The lowest BCUT2D eigenvalue weighted by atomic mass is 9.72. The van der Waals surface area contributed by atoms with Gasteiger partial charge in [-0.2, -0.15) is 18.3 Å². The van der Waals surface area contributed by atoms with Crippen LogP contribution in [0.3, 0.4) is 0 Å². The van der Waals surface area contributed by atoms with Crippen LogP contribution in [-0.4, -0.2) is 43.9 Å². The molecule has 1 saturated carbocycles. The number of halogens is 4. The minimum absolute atomic E-state index is 0.0133. The first kappa shape index (κ1) is 32.8. The summed E-state index contributed by atoms with van der Waals surface area (Å²) in [5, 5.41) is 16.7. The molecule has 0 spiro atoms. The van der Waals surface area contributed by atoms with Gasteiger partial charge in [0.05, 0.1) is 23.6 Å². The molecule has 232 valence electrons. The Bertz CT molecular complexity index is 1580. The normalized spacial score (nSPS) is 22.0. The molecule has 0 bridgehead atoms. The molecular formula is C31H35ClF3N3O4S. The van der Waals surface area contributed by atoms with Crippen LogP contribution < -0.4 is 9.47 Å². The van der Waals surface area contributed by atoms with Gasteiger partial charge in [-0.3, -0.25) is 0 Å². The Labute approximate surface area is 258 Å². The first-order valence-electron chi connectivity index (χ1n) is 13.9. The molecule has 3 aromatic rings. The van der Waals surface area contributed by atoms with Crippen molar-refractivity contribution in [1.82, 2.24) is 14.3 Å². The minimum atomic E-state index is -4.76. The maximum absolute atomic E-state index is 14.7. The molecule has 0 amide bonds. The summed E-state index contributed by atoms with van der Waals surface area (Å²) >= 11 is 11.8. The van der Waals surface area contributed by atoms with Gasteiger partial charge in [0.25, 0.3) is 0 Å². The van der Waals surface area contributed by atoms with Crippen LogP contribution in [0.5, 0.6) is 11.5 Å². The van der Waals surface area contributed by atoms with Crippen LogP contribution in [0.4, 0.5) is 18.0 Å². The maximum atomic E-state index is 14.7. The number of carbonyl (C=O) groups excluding carboxylic acids is 1. The summed E-state index contributed by atoms with van der Waals surface area (Å²) in [5.74, 6) is 0.659. The number of rotatable bonds is 7. The zero-order valence-corrected chi connectivity index (χ0v) is 26.2. The van der Waals surface area contributed by atoms with Gasteiger partial charge in [-0.1, -0.05) is 63.6 Å². The van der Waals surface area contributed by atoms with Crippen LogP contribution in [0.25, 0.3) is 5.57 Å². The van der Waals surface area contributed by atoms with Gasteiger partial charge in [-0.15, -0.1) is 0 Å². The Kier molecular flexibility index (Phi) is 9.21. The maximum Gasteiger partial charge on any atom is 0.427 e. The van der Waals surface area contributed by atoms with Crippen molar-refractivity contribution in [3.05, 3.63) is 75.8 Å². The first-order chi connectivity index (χ1) is 20.0. The number of hydrogen-bond donors (Lipinski definition) is 1. The lowest BCUT2D eigenvalue weighted by Crippen LogP contribution is -2.55. The number of benzene rings is 2. The lowest BCUT2D eigenvalue weighted by molar-refractivity contribution is -0.264. The fourth-order valence-corrected chi connectivity index (χ4v) is 5.69. The second-order valence-corrected chi connectivity index (χ2v) is 12.9. The highest BCUT2D eigenvalue weighted by molar-refractivity contribution is 7.71. The molecule has 1 aliphatic carbocycles. The highest BCUT2D eigenvalue weighted by atomic mass is 35.5. The molecule has 1 heterocycles. The molecule has 2 aromatic carbocycles. The number of allylic oxidation sites excluding steroid dienone is 1. The number of hydrogen-bond acceptors (Lipinski definition) is 6. The molecule has 1 N–H and O–H groups in total. The Morgan fingerprint density at radius 2 is 1.84 bits per heavy atom. The zero-order chi connectivity index (χ0) is 31.8. The fraction of sp³-hybridized carbons (Fsp3) is 0.452. The average Bonchev–Trinajstić information content (AvgIpc) is 3.41. The zero-order valence-electron chi connectivity index (χ0n) is 24.7. The van der Waals surface area contributed by atoms with E-state index in [1.165, 1.54) is 0 Å². The Hall–Kier alpha value is -3.15. The molecule has 1 fully saturated rings. The smallest absolute Gasteiger partial charge is 0.427 e. The van der Waals surface area contributed by atoms with Gasteiger partial charge in [0.1, 0.15) is 23.4 Å². The van der Waals surface area contributed by atoms with Gasteiger partial charge in [-0.05, 0) is 84.8 Å². The van der Waals surface area contributed by atoms with E-state index in [1.54, 1.807) is 48.5 Å². The summed E-state index contributed by atoms with van der Waals surface area (Å²) in [7, 11) is 0. The van der Waals surface area contributed by atoms with Crippen molar-refractivity contribution in [2.24, 2.45) is 10.8 Å². The molecule has 1 aliphatic rings. The summed E-state index contributed by atoms with van der Waals surface area (Å²) < 4.78 is 57.2. The molecule has 0 saturated heterocycles. The van der Waals surface area contributed by atoms with E-state index in [4.69, 9.17) is 33.3 Å². The van der Waals surface area contributed by atoms with Crippen LogP contribution in [0, 0.1) is 15.6 Å². The number of carbonyl (C=O) groups is 1. The summed E-state index contributed by atoms with van der Waals surface area (Å²) in [6.45, 7) is 8.59. The van der Waals surface area contributed by atoms with E-state index in [9.17, 15) is 23.1 Å². The topological polar surface area (TPSA) is 78.5 Å². The predicted molar refractivity (Wildman–Crippen MR) is 161 cm³/mol. The van der Waals surface area contributed by atoms with E-state index < -0.39 is 29.8 Å². The Morgan fingerprint density at radius 1 is 1.16 bits per heavy atom. The largest absolute Gasteiger partial charge is 0.491 e. The molecular weight excluding hydrogens is 603 g/mol. The number of aliphatic hydroxyl groups is 1. The second-order valence-electron chi connectivity index (χ2n) is 12.1. The Morgan fingerprint density at radius 3 is 2.44 bits per heavy atom. The molecule has 7 nitrogen and oxygen atoms in total. The number of nitrogens with zero attached hydrogens (tertiary/aromatic N) is 3. The van der Waals surface area contributed by atoms with Crippen molar-refractivity contribution < 1.29 is 32.5 Å². The third kappa shape index (κ3) is 6.53. The number of alkyl halides is 3. The third-order valence-corrected chi connectivity index (χ3v) is 8.55. The van der Waals surface area contributed by atoms with Crippen LogP contribution in [0.15, 0.2) is 60.4 Å². The molecule has 12 heteroatoms. The van der Waals surface area contributed by atoms with E-state index in [2.05, 4.69) is 5.10 Å². The summed E-state index contributed by atoms with van der Waals surface area (Å²) in [5.41, 5.74) is -3.76. The highest BCUT2D eigenvalue weighted by Crippen LogP contribution is 2.60. The van der Waals surface area contributed by atoms with E-state index in [-0.39, 0.29) is 34.4 Å². The van der Waals surface area contributed by atoms with Crippen molar-refractivity contribution in [3.8, 4) is 11.5 Å². The number of ether oxygens (including phenoxy) is 2. The quantitative estimate of drug-likeness (QED) is 0.262. The minimum Gasteiger partial charge on any atom is -0.491 e. The van der Waals surface area contributed by atoms with Crippen LogP contribution in [0.1, 0.15) is 59.4 Å². The molecule has 1 aromatic heterocycles. The van der Waals surface area contributed by atoms with Gasteiger partial charge < -0.3 is 14.6 Å². The summed E-state index contributed by atoms with van der Waals surface area (Å²) in [6, 6.07) is 13.3. The molecule has 0 radical (unpaired) electrons. The standard InChI is InChI=1S/C31H35ClF3N3O4S/c1-6-22(20-12-13-24(32)25(16-20)41-18-28(2,3)4)23-14-15-29(5,31(33,34)35)30(23,40)17-38-26(43)37(19-36-38)27(39)42-21-10-8-7-9-11-21/h7-13,16,19,40H,6,14-15,17-18H2,1-5H3/b23-22+. The van der Waals surface area contributed by atoms with Crippen molar-refractivity contribution in [1.29, 1.82) is 0 Å². The van der Waals surface area contributed by atoms with Gasteiger partial charge >= 0.3 is 12.3 Å². The molecule has 2 unspecified atom stereocenters. The molecule has 0 aliphatic heterocycles. The second kappa shape index (κ2) is 12.1. The molecule has 4 rings (SSSR count). The Balaban J connectivity index is 1.78. The lowest BCUT2D eigenvalue weighted by Gasteiger charge is -2.42. The molecule has 2 atom stereocenters. The van der Waals surface area contributed by atoms with Gasteiger partial charge in [-0.25, -0.2) is 14.0 Å². The third-order valence-electron chi connectivity index (χ3n) is 7.83. The average molecular weight is 638 g/mol. The van der Waals surface area contributed by atoms with Crippen LogP contribution in [0.2, 0.25) is 5.02 Å². The fourth-order valence-electron chi connectivity index (χ4n) is 5.28. The van der Waals surface area contributed by atoms with Gasteiger partial charge in [0, 0.05) is 0 Å². The van der Waals surface area contributed by atoms with E-state index >= 15 is 0 Å². The molecule has 43 heavy (non-hydrogen) atoms. The van der Waals surface area contributed by atoms with Crippen molar-refractivity contribution >= 4 is 35.5 Å². The monoisotopic (exact) mass is 637 g/mol. The predicted octanol–water partition coefficient (Wildman–Crippen LogP) is 8.50. The van der Waals surface area contributed by atoms with Crippen molar-refractivity contribution in [2.45, 2.75) is 72.2 Å². The van der Waals surface area contributed by atoms with Crippen LogP contribution >= 0.6 is 23.8 Å². The summed E-state index contributed by atoms with van der Waals surface area (Å²) in [6.07, 6.45) is -4.61. The van der Waals surface area contributed by atoms with E-state index in [1.807, 2.05) is 27.7 Å². The first-order valence-corrected chi connectivity index (χ1v) is 14.7. The van der Waals surface area contributed by atoms with Crippen molar-refractivity contribution in [2.75, 3.05) is 6.61 Å².